The van der Waals surface area contributed by atoms with Crippen LogP contribution in [-0.4, -0.2) is 11.2 Å². The minimum absolute atomic E-state index is 0. The first kappa shape index (κ1) is 12.3. The van der Waals surface area contributed by atoms with Crippen molar-refractivity contribution < 1.29 is 9.90 Å². The largest absolute Gasteiger partial charge is 0.465 e. The lowest BCUT2D eigenvalue weighted by atomic mass is 9.88. The van der Waals surface area contributed by atoms with Crippen molar-refractivity contribution in [3.05, 3.63) is 0 Å². The normalized spacial score (nSPS) is 15.3. The van der Waals surface area contributed by atoms with E-state index in [2.05, 4.69) is 12.7 Å². The molecule has 1 amide bonds. The van der Waals surface area contributed by atoms with Gasteiger partial charge in [-0.2, -0.15) is 0 Å². The Labute approximate surface area is 67.0 Å². The summed E-state index contributed by atoms with van der Waals surface area (Å²) in [5.74, 6) is 1.06. The number of carboxylic acid groups (broad SMARTS) is 1. The average molecular weight is 168 g/mol. The number of halogens is 1. The first-order chi connectivity index (χ1) is 4.13. The lowest BCUT2D eigenvalue weighted by Gasteiger charge is -2.18. The Morgan fingerprint density at radius 1 is 1.60 bits per heavy atom. The van der Waals surface area contributed by atoms with Crippen molar-refractivity contribution in [3.8, 4) is 0 Å². The Morgan fingerprint density at radius 3 is 1.80 bits per heavy atom. The first-order valence-electron chi connectivity index (χ1n) is 3.11. The third-order valence-electron chi connectivity index (χ3n) is 1.39. The molecule has 4 heteroatoms. The molecule has 0 aromatic heterocycles. The van der Waals surface area contributed by atoms with E-state index in [1.807, 2.05) is 0 Å². The number of rotatable bonds is 0. The van der Waals surface area contributed by atoms with Crippen LogP contribution in [0.4, 0.5) is 4.79 Å². The zero-order valence-electron chi connectivity index (χ0n) is 6.04. The standard InChI is InChI=1S/C5H10.CH3NO2.ClH/c1-5-3-2-4-5;2-1(3)4;/h5H,2-4H2,1H3;2H2,(H,3,4);1H. The van der Waals surface area contributed by atoms with Gasteiger partial charge in [-0.05, 0) is 5.92 Å². The van der Waals surface area contributed by atoms with E-state index in [9.17, 15) is 0 Å². The van der Waals surface area contributed by atoms with Crippen LogP contribution in [0, 0.1) is 5.92 Å². The quantitative estimate of drug-likeness (QED) is 0.579. The maximum absolute atomic E-state index is 8.78. The Balaban J connectivity index is 0. The fourth-order valence-electron chi connectivity index (χ4n) is 0.612. The van der Waals surface area contributed by atoms with Crippen LogP contribution >= 0.6 is 12.4 Å². The Hall–Kier alpha value is -0.440. The molecule has 3 N–H and O–H groups in total. The van der Waals surface area contributed by atoms with Gasteiger partial charge in [-0.3, -0.25) is 0 Å². The zero-order chi connectivity index (χ0) is 7.28. The summed E-state index contributed by atoms with van der Waals surface area (Å²) in [6.45, 7) is 2.31. The molecular formula is C6H14ClNO2. The summed E-state index contributed by atoms with van der Waals surface area (Å²) in [4.78, 5) is 8.78. The number of carbonyl (C=O) groups is 1. The van der Waals surface area contributed by atoms with E-state index in [-0.39, 0.29) is 12.4 Å². The van der Waals surface area contributed by atoms with E-state index in [0.717, 1.165) is 5.92 Å². The van der Waals surface area contributed by atoms with Gasteiger partial charge in [-0.1, -0.05) is 26.2 Å². The monoisotopic (exact) mass is 167 g/mol. The van der Waals surface area contributed by atoms with Crippen LogP contribution in [0.15, 0.2) is 0 Å². The fourth-order valence-corrected chi connectivity index (χ4v) is 0.612. The lowest BCUT2D eigenvalue weighted by molar-refractivity contribution is 0.205. The van der Waals surface area contributed by atoms with Crippen molar-refractivity contribution in [1.82, 2.24) is 0 Å². The van der Waals surface area contributed by atoms with Gasteiger partial charge in [-0.25, -0.2) is 4.79 Å². The summed E-state index contributed by atoms with van der Waals surface area (Å²) in [6, 6.07) is 0. The van der Waals surface area contributed by atoms with Gasteiger partial charge in [0.15, 0.2) is 0 Å². The highest BCUT2D eigenvalue weighted by Gasteiger charge is 2.09. The second kappa shape index (κ2) is 6.68. The van der Waals surface area contributed by atoms with Crippen molar-refractivity contribution in [3.63, 3.8) is 0 Å². The van der Waals surface area contributed by atoms with Gasteiger partial charge >= 0.3 is 6.09 Å². The van der Waals surface area contributed by atoms with Gasteiger partial charge in [0.25, 0.3) is 0 Å². The van der Waals surface area contributed by atoms with Gasteiger partial charge in [0, 0.05) is 0 Å². The topological polar surface area (TPSA) is 63.3 Å². The number of primary amides is 1. The van der Waals surface area contributed by atoms with Crippen LogP contribution in [0.1, 0.15) is 26.2 Å². The predicted octanol–water partition coefficient (Wildman–Crippen LogP) is 1.85. The molecule has 1 fully saturated rings. The van der Waals surface area contributed by atoms with Crippen molar-refractivity contribution in [2.45, 2.75) is 26.2 Å². The molecule has 0 atom stereocenters. The second-order valence-corrected chi connectivity index (χ2v) is 2.37. The van der Waals surface area contributed by atoms with Gasteiger partial charge in [0.1, 0.15) is 0 Å². The predicted molar refractivity (Wildman–Crippen MR) is 42.5 cm³/mol. The van der Waals surface area contributed by atoms with Crippen LogP contribution in [0.3, 0.4) is 0 Å². The molecule has 0 aromatic rings. The Morgan fingerprint density at radius 2 is 1.80 bits per heavy atom. The summed E-state index contributed by atoms with van der Waals surface area (Å²) >= 11 is 0. The van der Waals surface area contributed by atoms with Crippen molar-refractivity contribution >= 4 is 18.5 Å². The van der Waals surface area contributed by atoms with Crippen LogP contribution < -0.4 is 5.73 Å². The fraction of sp³-hybridized carbons (Fsp3) is 0.833. The minimum Gasteiger partial charge on any atom is -0.465 e. The van der Waals surface area contributed by atoms with Gasteiger partial charge in [0.05, 0.1) is 0 Å². The molecule has 10 heavy (non-hydrogen) atoms. The van der Waals surface area contributed by atoms with Gasteiger partial charge < -0.3 is 10.8 Å². The van der Waals surface area contributed by atoms with E-state index in [1.54, 1.807) is 0 Å². The molecule has 1 aliphatic carbocycles. The Kier molecular flexibility index (Phi) is 8.18. The van der Waals surface area contributed by atoms with E-state index in [1.165, 1.54) is 19.3 Å². The SMILES string of the molecule is CC1CCC1.Cl.NC(=O)O. The maximum atomic E-state index is 8.78. The molecule has 0 heterocycles. The minimum atomic E-state index is -1.33. The van der Waals surface area contributed by atoms with Crippen molar-refractivity contribution in [1.29, 1.82) is 0 Å². The number of hydrogen-bond acceptors (Lipinski definition) is 1. The molecule has 1 rings (SSSR count). The zero-order valence-corrected chi connectivity index (χ0v) is 6.86. The summed E-state index contributed by atoms with van der Waals surface area (Å²) in [6.07, 6.45) is 3.13. The average Bonchev–Trinajstić information content (AvgIpc) is 1.59. The van der Waals surface area contributed by atoms with Crippen molar-refractivity contribution in [2.75, 3.05) is 0 Å². The molecule has 0 radical (unpaired) electrons. The highest BCUT2D eigenvalue weighted by molar-refractivity contribution is 5.85. The molecule has 1 aliphatic rings. The molecule has 62 valence electrons. The summed E-state index contributed by atoms with van der Waals surface area (Å²) in [7, 11) is 0. The van der Waals surface area contributed by atoms with E-state index >= 15 is 0 Å². The smallest absolute Gasteiger partial charge is 0.402 e. The van der Waals surface area contributed by atoms with Gasteiger partial charge in [-0.15, -0.1) is 12.4 Å². The van der Waals surface area contributed by atoms with Crippen LogP contribution in [0.5, 0.6) is 0 Å². The second-order valence-electron chi connectivity index (χ2n) is 2.37. The molecule has 0 spiro atoms. The molecule has 3 nitrogen and oxygen atoms in total. The third kappa shape index (κ3) is 10.5. The molecule has 0 unspecified atom stereocenters. The van der Waals surface area contributed by atoms with Crippen LogP contribution in [0.25, 0.3) is 0 Å². The van der Waals surface area contributed by atoms with Crippen LogP contribution in [-0.2, 0) is 0 Å². The highest BCUT2D eigenvalue weighted by Crippen LogP contribution is 2.24. The highest BCUT2D eigenvalue weighted by atomic mass is 35.5. The Bertz CT molecular complexity index is 89.7. The molecular weight excluding hydrogens is 154 g/mol. The summed E-state index contributed by atoms with van der Waals surface area (Å²) in [5, 5.41) is 7.19. The van der Waals surface area contributed by atoms with Crippen molar-refractivity contribution in [2.24, 2.45) is 11.7 Å². The van der Waals surface area contributed by atoms with E-state index < -0.39 is 6.09 Å². The molecule has 0 aromatic carbocycles. The molecule has 0 aliphatic heterocycles. The van der Waals surface area contributed by atoms with E-state index in [4.69, 9.17) is 9.90 Å². The lowest BCUT2D eigenvalue weighted by Crippen LogP contribution is -2.04. The first-order valence-corrected chi connectivity index (χ1v) is 3.11. The molecule has 1 saturated carbocycles. The number of nitrogens with two attached hydrogens (primary N) is 1. The molecule has 0 bridgehead atoms. The van der Waals surface area contributed by atoms with Crippen LogP contribution in [0.2, 0.25) is 0 Å². The third-order valence-corrected chi connectivity index (χ3v) is 1.39. The van der Waals surface area contributed by atoms with E-state index in [0.29, 0.717) is 0 Å². The maximum Gasteiger partial charge on any atom is 0.402 e. The summed E-state index contributed by atoms with van der Waals surface area (Å²) in [5.41, 5.74) is 4.03. The molecule has 0 saturated heterocycles. The number of amides is 1. The van der Waals surface area contributed by atoms with Gasteiger partial charge in [0.2, 0.25) is 0 Å². The number of hydrogen-bond donors (Lipinski definition) is 2. The summed E-state index contributed by atoms with van der Waals surface area (Å²) < 4.78 is 0.